The van der Waals surface area contributed by atoms with Gasteiger partial charge in [0.15, 0.2) is 5.82 Å². The topological polar surface area (TPSA) is 67.7 Å². The lowest BCUT2D eigenvalue weighted by atomic mass is 10.1. The fraction of sp³-hybridized carbons (Fsp3) is 0.174. The number of fused-ring (bicyclic) bond motifs is 1. The molecule has 0 bridgehead atoms. The molecule has 0 saturated heterocycles. The second-order valence-corrected chi connectivity index (χ2v) is 8.25. The molecule has 0 spiro atoms. The maximum absolute atomic E-state index is 6.13. The van der Waals surface area contributed by atoms with E-state index >= 15 is 0 Å². The minimum absolute atomic E-state index is 0.530. The Labute approximate surface area is 190 Å². The van der Waals surface area contributed by atoms with Crippen LogP contribution < -0.4 is 0 Å². The van der Waals surface area contributed by atoms with E-state index in [1.807, 2.05) is 30.6 Å². The molecule has 154 valence electrons. The number of nitrogens with zero attached hydrogens (tertiary/aromatic N) is 6. The molecule has 4 heterocycles. The summed E-state index contributed by atoms with van der Waals surface area (Å²) < 4.78 is 0. The average Bonchev–Trinajstić information content (AvgIpc) is 2.82. The fourth-order valence-corrected chi connectivity index (χ4v) is 3.96. The highest BCUT2D eigenvalue weighted by molar-refractivity contribution is 6.42. The standard InChI is InChI=1S/C23H18Cl2N6/c24-19-3-2-16(7-20(19)25)21-4-1-15(8-28-21)12-31-6-5-22-18(13-31)11-29-23(30-22)17-9-26-14-27-10-17/h1-4,7-11,14H,5-6,12-13H2. The third-order valence-electron chi connectivity index (χ3n) is 5.28. The Morgan fingerprint density at radius 3 is 2.52 bits per heavy atom. The van der Waals surface area contributed by atoms with Crippen molar-refractivity contribution in [1.29, 1.82) is 0 Å². The number of hydrogen-bond acceptors (Lipinski definition) is 6. The van der Waals surface area contributed by atoms with Gasteiger partial charge in [0.2, 0.25) is 0 Å². The molecule has 1 aliphatic heterocycles. The summed E-state index contributed by atoms with van der Waals surface area (Å²) in [5.41, 5.74) is 6.07. The van der Waals surface area contributed by atoms with Gasteiger partial charge < -0.3 is 0 Å². The second-order valence-electron chi connectivity index (χ2n) is 7.43. The van der Waals surface area contributed by atoms with E-state index in [1.54, 1.807) is 18.5 Å². The van der Waals surface area contributed by atoms with Crippen molar-refractivity contribution in [2.24, 2.45) is 0 Å². The van der Waals surface area contributed by atoms with Gasteiger partial charge in [0.1, 0.15) is 6.33 Å². The van der Waals surface area contributed by atoms with Crippen LogP contribution in [0.2, 0.25) is 10.0 Å². The summed E-state index contributed by atoms with van der Waals surface area (Å²) in [5, 5.41) is 1.07. The quantitative estimate of drug-likeness (QED) is 0.443. The summed E-state index contributed by atoms with van der Waals surface area (Å²) in [6.07, 6.45) is 9.70. The van der Waals surface area contributed by atoms with Gasteiger partial charge in [-0.15, -0.1) is 0 Å². The van der Waals surface area contributed by atoms with Crippen LogP contribution in [0.5, 0.6) is 0 Å². The summed E-state index contributed by atoms with van der Waals surface area (Å²) in [6.45, 7) is 2.57. The van der Waals surface area contributed by atoms with Gasteiger partial charge in [-0.3, -0.25) is 9.88 Å². The lowest BCUT2D eigenvalue weighted by Crippen LogP contribution is -2.31. The zero-order chi connectivity index (χ0) is 21.2. The molecule has 0 radical (unpaired) electrons. The molecule has 0 unspecified atom stereocenters. The molecule has 0 aliphatic carbocycles. The van der Waals surface area contributed by atoms with Gasteiger partial charge in [-0.2, -0.15) is 0 Å². The molecular formula is C23H18Cl2N6. The molecule has 0 amide bonds. The first-order valence-corrected chi connectivity index (χ1v) is 10.6. The SMILES string of the molecule is Clc1ccc(-c2ccc(CN3CCc4nc(-c5cncnc5)ncc4C3)cn2)cc1Cl. The number of halogens is 2. The Morgan fingerprint density at radius 1 is 0.871 bits per heavy atom. The Morgan fingerprint density at radius 2 is 1.74 bits per heavy atom. The van der Waals surface area contributed by atoms with Gasteiger partial charge in [0.05, 0.1) is 27.0 Å². The molecule has 1 aromatic carbocycles. The minimum Gasteiger partial charge on any atom is -0.294 e. The van der Waals surface area contributed by atoms with Crippen LogP contribution in [0.4, 0.5) is 0 Å². The van der Waals surface area contributed by atoms with Crippen LogP contribution in [0, 0.1) is 0 Å². The maximum Gasteiger partial charge on any atom is 0.162 e. The smallest absolute Gasteiger partial charge is 0.162 e. The van der Waals surface area contributed by atoms with Gasteiger partial charge in [-0.1, -0.05) is 35.3 Å². The van der Waals surface area contributed by atoms with E-state index in [0.717, 1.165) is 59.7 Å². The van der Waals surface area contributed by atoms with Crippen molar-refractivity contribution < 1.29 is 0 Å². The van der Waals surface area contributed by atoms with E-state index in [9.17, 15) is 0 Å². The van der Waals surface area contributed by atoms with Gasteiger partial charge >= 0.3 is 0 Å². The third-order valence-corrected chi connectivity index (χ3v) is 6.02. The Balaban J connectivity index is 1.27. The van der Waals surface area contributed by atoms with Crippen molar-refractivity contribution in [3.05, 3.63) is 88.3 Å². The van der Waals surface area contributed by atoms with Crippen molar-refractivity contribution in [2.75, 3.05) is 6.54 Å². The lowest BCUT2D eigenvalue weighted by molar-refractivity contribution is 0.242. The molecule has 4 aromatic rings. The van der Waals surface area contributed by atoms with Crippen LogP contribution in [0.15, 0.2) is 61.4 Å². The highest BCUT2D eigenvalue weighted by atomic mass is 35.5. The highest BCUT2D eigenvalue weighted by Crippen LogP contribution is 2.28. The molecule has 0 N–H and O–H groups in total. The average molecular weight is 449 g/mol. The van der Waals surface area contributed by atoms with Gasteiger partial charge in [0.25, 0.3) is 0 Å². The molecule has 3 aromatic heterocycles. The van der Waals surface area contributed by atoms with Crippen molar-refractivity contribution >= 4 is 23.2 Å². The summed E-state index contributed by atoms with van der Waals surface area (Å²) in [6, 6.07) is 9.68. The van der Waals surface area contributed by atoms with Crippen molar-refractivity contribution in [3.63, 3.8) is 0 Å². The van der Waals surface area contributed by atoms with Crippen LogP contribution in [0.3, 0.4) is 0 Å². The number of aromatic nitrogens is 5. The van der Waals surface area contributed by atoms with E-state index in [-0.39, 0.29) is 0 Å². The van der Waals surface area contributed by atoms with Crippen LogP contribution in [0.25, 0.3) is 22.6 Å². The molecule has 0 saturated carbocycles. The third kappa shape index (κ3) is 4.42. The van der Waals surface area contributed by atoms with Crippen molar-refractivity contribution in [1.82, 2.24) is 29.8 Å². The van der Waals surface area contributed by atoms with Crippen LogP contribution in [-0.2, 0) is 19.5 Å². The monoisotopic (exact) mass is 448 g/mol. The fourth-order valence-electron chi connectivity index (χ4n) is 3.67. The first kappa shape index (κ1) is 20.0. The molecule has 8 heteroatoms. The second kappa shape index (κ2) is 8.67. The van der Waals surface area contributed by atoms with E-state index in [4.69, 9.17) is 28.2 Å². The summed E-state index contributed by atoms with van der Waals surface area (Å²) in [5.74, 6) is 0.676. The Hall–Kier alpha value is -2.93. The minimum atomic E-state index is 0.530. The predicted octanol–water partition coefficient (Wildman–Crippen LogP) is 4.86. The van der Waals surface area contributed by atoms with E-state index in [2.05, 4.69) is 30.9 Å². The predicted molar refractivity (Wildman–Crippen MR) is 121 cm³/mol. The highest BCUT2D eigenvalue weighted by Gasteiger charge is 2.19. The first-order valence-electron chi connectivity index (χ1n) is 9.88. The zero-order valence-corrected chi connectivity index (χ0v) is 18.1. The maximum atomic E-state index is 6.13. The van der Waals surface area contributed by atoms with E-state index in [0.29, 0.717) is 15.9 Å². The summed E-state index contributed by atoms with van der Waals surface area (Å²) >= 11 is 12.1. The van der Waals surface area contributed by atoms with Crippen LogP contribution >= 0.6 is 23.2 Å². The summed E-state index contributed by atoms with van der Waals surface area (Å²) in [4.78, 5) is 24.3. The van der Waals surface area contributed by atoms with Gasteiger partial charge in [-0.05, 0) is 23.8 Å². The van der Waals surface area contributed by atoms with Crippen LogP contribution in [0.1, 0.15) is 16.8 Å². The molecule has 0 atom stereocenters. The number of hydrogen-bond donors (Lipinski definition) is 0. The first-order chi connectivity index (χ1) is 15.2. The number of rotatable bonds is 4. The van der Waals surface area contributed by atoms with E-state index in [1.165, 1.54) is 6.33 Å². The zero-order valence-electron chi connectivity index (χ0n) is 16.5. The molecular weight excluding hydrogens is 431 g/mol. The van der Waals surface area contributed by atoms with Crippen molar-refractivity contribution in [3.8, 4) is 22.6 Å². The number of benzene rings is 1. The molecule has 5 rings (SSSR count). The summed E-state index contributed by atoms with van der Waals surface area (Å²) in [7, 11) is 0. The largest absolute Gasteiger partial charge is 0.294 e. The van der Waals surface area contributed by atoms with Gasteiger partial charge in [-0.25, -0.2) is 19.9 Å². The lowest BCUT2D eigenvalue weighted by Gasteiger charge is -2.28. The molecule has 6 nitrogen and oxygen atoms in total. The van der Waals surface area contributed by atoms with E-state index < -0.39 is 0 Å². The van der Waals surface area contributed by atoms with Gasteiger partial charge in [0, 0.05) is 62.0 Å². The molecule has 31 heavy (non-hydrogen) atoms. The molecule has 1 aliphatic rings. The Kier molecular flexibility index (Phi) is 5.59. The van der Waals surface area contributed by atoms with Crippen molar-refractivity contribution in [2.45, 2.75) is 19.5 Å². The number of pyridine rings is 1. The van der Waals surface area contributed by atoms with Crippen LogP contribution in [-0.4, -0.2) is 36.4 Å². The Bertz CT molecular complexity index is 1210. The molecule has 0 fully saturated rings. The normalized spacial score (nSPS) is 13.7.